The molecule has 0 spiro atoms. The minimum atomic E-state index is -1.66. The highest BCUT2D eigenvalue weighted by Crippen LogP contribution is 2.34. The van der Waals surface area contributed by atoms with Gasteiger partial charge in [0, 0.05) is 31.4 Å². The molecule has 1 saturated heterocycles. The molecule has 206 valence electrons. The van der Waals surface area contributed by atoms with Gasteiger partial charge in [0.2, 0.25) is 6.36 Å². The van der Waals surface area contributed by atoms with Crippen molar-refractivity contribution in [3.63, 3.8) is 0 Å². The van der Waals surface area contributed by atoms with Gasteiger partial charge in [0.15, 0.2) is 5.78 Å². The van der Waals surface area contributed by atoms with Crippen LogP contribution in [-0.2, 0) is 21.5 Å². The lowest BCUT2D eigenvalue weighted by Gasteiger charge is -2.17. The van der Waals surface area contributed by atoms with Crippen LogP contribution in [0.3, 0.4) is 0 Å². The van der Waals surface area contributed by atoms with E-state index in [1.165, 1.54) is 7.11 Å². The molecule has 3 aromatic rings. The molecule has 3 heterocycles. The van der Waals surface area contributed by atoms with Crippen molar-refractivity contribution in [3.8, 4) is 23.1 Å². The van der Waals surface area contributed by atoms with Gasteiger partial charge in [-0.05, 0) is 80.5 Å². The van der Waals surface area contributed by atoms with E-state index in [1.54, 1.807) is 6.20 Å². The molecule has 7 nitrogen and oxygen atoms in total. The van der Waals surface area contributed by atoms with Gasteiger partial charge < -0.3 is 14.2 Å². The van der Waals surface area contributed by atoms with E-state index < -0.39 is 11.8 Å². The van der Waals surface area contributed by atoms with Crippen molar-refractivity contribution in [3.05, 3.63) is 66.0 Å². The number of alkyl halides is 1. The number of unbranched alkanes of at least 4 members (excludes halogenated alkanes) is 1. The Kier molecular flexibility index (Phi) is 9.16. The molecule has 8 heteroatoms. The average Bonchev–Trinajstić information content (AvgIpc) is 3.63. The van der Waals surface area contributed by atoms with Gasteiger partial charge in [-0.3, -0.25) is 9.20 Å². The lowest BCUT2D eigenvalue weighted by Crippen LogP contribution is -2.14. The average molecular weight is 534 g/mol. The Balaban J connectivity index is 1.65. The number of hydrogen-bond donors (Lipinski definition) is 0. The molecule has 39 heavy (non-hydrogen) atoms. The number of nitriles is 1. The molecule has 4 rings (SSSR count). The summed E-state index contributed by atoms with van der Waals surface area (Å²) in [4.78, 5) is 18.0. The summed E-state index contributed by atoms with van der Waals surface area (Å²) >= 11 is 0. The van der Waals surface area contributed by atoms with E-state index in [2.05, 4.69) is 17.6 Å². The van der Waals surface area contributed by atoms with E-state index in [1.807, 2.05) is 48.7 Å². The zero-order valence-corrected chi connectivity index (χ0v) is 22.9. The number of ketones is 1. The maximum atomic E-state index is 14.0. The highest BCUT2D eigenvalue weighted by Gasteiger charge is 2.23. The third kappa shape index (κ3) is 6.55. The van der Waals surface area contributed by atoms with Crippen molar-refractivity contribution >= 4 is 11.4 Å². The molecule has 1 aromatic carbocycles. The third-order valence-electron chi connectivity index (χ3n) is 7.37. The van der Waals surface area contributed by atoms with Crippen LogP contribution < -0.4 is 4.74 Å². The first-order valence-corrected chi connectivity index (χ1v) is 13.4. The summed E-state index contributed by atoms with van der Waals surface area (Å²) in [5.74, 6) is 0.924. The van der Waals surface area contributed by atoms with Gasteiger partial charge >= 0.3 is 0 Å². The predicted octanol–water partition coefficient (Wildman–Crippen LogP) is 6.59. The Labute approximate surface area is 229 Å². The third-order valence-corrected chi connectivity index (χ3v) is 7.37. The number of methoxy groups -OCH3 is 1. The summed E-state index contributed by atoms with van der Waals surface area (Å²) < 4.78 is 32.3. The van der Waals surface area contributed by atoms with Crippen molar-refractivity contribution in [2.24, 2.45) is 5.92 Å². The molecule has 2 atom stereocenters. The highest BCUT2D eigenvalue weighted by molar-refractivity contribution is 6.00. The molecule has 0 N–H and O–H groups in total. The second kappa shape index (κ2) is 12.5. The van der Waals surface area contributed by atoms with Crippen LogP contribution in [0, 0.1) is 17.2 Å². The molecule has 0 radical (unpaired) electrons. The standard InChI is InChI=1S/C31H36FN3O4/c1-5-28(32)39-19-23-14-22(25-17-34-29-16-24(10-12-35(25)29)31(2,3)20-33)15-27(37-4)30(23)26(36)9-7-6-8-21-11-13-38-18-21/h5,10,12,14-17,21,28H,1,6-9,11,13,18-19H2,2-4H3. The second-order valence-corrected chi connectivity index (χ2v) is 10.5. The minimum Gasteiger partial charge on any atom is -0.496 e. The summed E-state index contributed by atoms with van der Waals surface area (Å²) in [6.45, 7) is 8.67. The Morgan fingerprint density at radius 3 is 2.90 bits per heavy atom. The number of hydrogen-bond acceptors (Lipinski definition) is 6. The van der Waals surface area contributed by atoms with Gasteiger partial charge in [0.05, 0.1) is 42.7 Å². The molecule has 1 aliphatic heterocycles. The Morgan fingerprint density at radius 1 is 1.38 bits per heavy atom. The van der Waals surface area contributed by atoms with Crippen LogP contribution >= 0.6 is 0 Å². The van der Waals surface area contributed by atoms with Gasteiger partial charge in [-0.15, -0.1) is 0 Å². The number of fused-ring (bicyclic) bond motifs is 1. The molecule has 0 aliphatic carbocycles. The Hall–Kier alpha value is -3.54. The SMILES string of the molecule is C=CC(F)OCc1cc(-c2cnc3cc(C(C)(C)C#N)ccn23)cc(OC)c1C(=O)CCCCC1CCOC1. The zero-order valence-electron chi connectivity index (χ0n) is 22.9. The van der Waals surface area contributed by atoms with Crippen LogP contribution in [-0.4, -0.2) is 41.8 Å². The molecule has 0 bridgehead atoms. The van der Waals surface area contributed by atoms with Crippen LogP contribution in [0.4, 0.5) is 4.39 Å². The van der Waals surface area contributed by atoms with E-state index in [-0.39, 0.29) is 12.4 Å². The first-order valence-electron chi connectivity index (χ1n) is 13.4. The lowest BCUT2D eigenvalue weighted by molar-refractivity contribution is -0.0142. The lowest BCUT2D eigenvalue weighted by atomic mass is 9.87. The first kappa shape index (κ1) is 28.5. The highest BCUT2D eigenvalue weighted by atomic mass is 19.1. The van der Waals surface area contributed by atoms with Crippen molar-refractivity contribution < 1.29 is 23.4 Å². The topological polar surface area (TPSA) is 85.9 Å². The molecule has 0 saturated carbocycles. The number of carbonyl (C=O) groups is 1. The maximum Gasteiger partial charge on any atom is 0.218 e. The molecule has 1 fully saturated rings. The predicted molar refractivity (Wildman–Crippen MR) is 147 cm³/mol. The summed E-state index contributed by atoms with van der Waals surface area (Å²) in [5, 5.41) is 9.52. The van der Waals surface area contributed by atoms with Crippen molar-refractivity contribution in [1.29, 1.82) is 5.26 Å². The maximum absolute atomic E-state index is 14.0. The summed E-state index contributed by atoms with van der Waals surface area (Å²) in [5.41, 5.74) is 3.37. The van der Waals surface area contributed by atoms with Crippen molar-refractivity contribution in [1.82, 2.24) is 9.38 Å². The van der Waals surface area contributed by atoms with E-state index in [0.717, 1.165) is 61.8 Å². The number of rotatable bonds is 13. The Bertz CT molecular complexity index is 1370. The van der Waals surface area contributed by atoms with Crippen LogP contribution in [0.5, 0.6) is 5.75 Å². The van der Waals surface area contributed by atoms with E-state index in [0.29, 0.717) is 34.9 Å². The van der Waals surface area contributed by atoms with Crippen LogP contribution in [0.1, 0.15) is 67.4 Å². The fourth-order valence-electron chi connectivity index (χ4n) is 4.95. The largest absolute Gasteiger partial charge is 0.496 e. The van der Waals surface area contributed by atoms with Gasteiger partial charge in [-0.2, -0.15) is 5.26 Å². The van der Waals surface area contributed by atoms with Crippen LogP contribution in [0.15, 0.2) is 49.3 Å². The number of carbonyl (C=O) groups excluding carboxylic acids is 1. The summed E-state index contributed by atoms with van der Waals surface area (Å²) in [6.07, 6.45) is 7.21. The fraction of sp³-hybridized carbons (Fsp3) is 0.452. The summed E-state index contributed by atoms with van der Waals surface area (Å²) in [6, 6.07) is 9.75. The van der Waals surface area contributed by atoms with Crippen LogP contribution in [0.25, 0.3) is 16.9 Å². The number of imidazole rings is 1. The van der Waals surface area contributed by atoms with Gasteiger partial charge in [-0.1, -0.05) is 13.0 Å². The number of halogens is 1. The van der Waals surface area contributed by atoms with Gasteiger partial charge in [0.25, 0.3) is 0 Å². The van der Waals surface area contributed by atoms with Crippen molar-refractivity contribution in [2.45, 2.75) is 64.3 Å². The number of ether oxygens (including phenoxy) is 3. The molecule has 1 aliphatic rings. The Morgan fingerprint density at radius 2 is 2.21 bits per heavy atom. The molecule has 2 unspecified atom stereocenters. The van der Waals surface area contributed by atoms with Crippen LogP contribution in [0.2, 0.25) is 0 Å². The quantitative estimate of drug-likeness (QED) is 0.140. The minimum absolute atomic E-state index is 0.0600. The van der Waals surface area contributed by atoms with E-state index in [9.17, 15) is 14.4 Å². The second-order valence-electron chi connectivity index (χ2n) is 10.5. The molecular weight excluding hydrogens is 497 g/mol. The number of pyridine rings is 1. The number of benzene rings is 1. The number of aromatic nitrogens is 2. The smallest absolute Gasteiger partial charge is 0.218 e. The normalized spacial score (nSPS) is 16.2. The number of nitrogens with zero attached hydrogens (tertiary/aromatic N) is 3. The van der Waals surface area contributed by atoms with Gasteiger partial charge in [0.1, 0.15) is 11.4 Å². The summed E-state index contributed by atoms with van der Waals surface area (Å²) in [7, 11) is 1.52. The van der Waals surface area contributed by atoms with Gasteiger partial charge in [-0.25, -0.2) is 9.37 Å². The molecule has 2 aromatic heterocycles. The van der Waals surface area contributed by atoms with Crippen molar-refractivity contribution in [2.75, 3.05) is 20.3 Å². The number of Topliss-reactive ketones (excluding diaryl/α,β-unsaturated/α-hetero) is 1. The fourth-order valence-corrected chi connectivity index (χ4v) is 4.95. The van der Waals surface area contributed by atoms with E-state index in [4.69, 9.17) is 14.2 Å². The zero-order chi connectivity index (χ0) is 28.0. The van der Waals surface area contributed by atoms with E-state index >= 15 is 0 Å². The molecular formula is C31H36FN3O4. The molecule has 0 amide bonds. The monoisotopic (exact) mass is 533 g/mol. The first-order chi connectivity index (χ1) is 18.8.